The SMILES string of the molecule is CCCCCCCCCCCCC(=O)OC[C@H](COC(=O)CCCCCCCCC(C)C)OC(=O)CCCCCCCCCCCC. The summed E-state index contributed by atoms with van der Waals surface area (Å²) in [7, 11) is 0. The van der Waals surface area contributed by atoms with E-state index in [9.17, 15) is 14.4 Å². The third kappa shape index (κ3) is 35.5. The van der Waals surface area contributed by atoms with Crippen LogP contribution in [0.25, 0.3) is 0 Å². The highest BCUT2D eigenvalue weighted by molar-refractivity contribution is 5.71. The van der Waals surface area contributed by atoms with E-state index >= 15 is 0 Å². The van der Waals surface area contributed by atoms with Crippen molar-refractivity contribution in [2.24, 2.45) is 5.92 Å². The standard InChI is InChI=1S/C41H78O6/c1-5-7-9-11-13-15-17-19-24-28-32-39(42)45-35-38(36-46-40(43)33-29-25-22-21-23-27-31-37(3)4)47-41(44)34-30-26-20-18-16-14-12-10-8-6-2/h37-38H,5-36H2,1-4H3/t38-/m1/s1. The number of hydrogen-bond donors (Lipinski definition) is 0. The molecular formula is C41H78O6. The molecule has 0 bridgehead atoms. The van der Waals surface area contributed by atoms with E-state index in [4.69, 9.17) is 14.2 Å². The molecule has 6 heteroatoms. The van der Waals surface area contributed by atoms with Crippen LogP contribution in [0.3, 0.4) is 0 Å². The van der Waals surface area contributed by atoms with E-state index < -0.39 is 6.10 Å². The van der Waals surface area contributed by atoms with Crippen molar-refractivity contribution in [2.75, 3.05) is 13.2 Å². The largest absolute Gasteiger partial charge is 0.462 e. The maximum Gasteiger partial charge on any atom is 0.306 e. The summed E-state index contributed by atoms with van der Waals surface area (Å²) in [5.41, 5.74) is 0. The summed E-state index contributed by atoms with van der Waals surface area (Å²) >= 11 is 0. The van der Waals surface area contributed by atoms with Gasteiger partial charge in [-0.05, 0) is 25.2 Å². The van der Waals surface area contributed by atoms with Gasteiger partial charge in [-0.15, -0.1) is 0 Å². The Morgan fingerprint density at radius 2 is 0.702 bits per heavy atom. The van der Waals surface area contributed by atoms with Gasteiger partial charge in [0.15, 0.2) is 6.10 Å². The van der Waals surface area contributed by atoms with Gasteiger partial charge in [0.05, 0.1) is 0 Å². The minimum absolute atomic E-state index is 0.0655. The molecule has 0 fully saturated rings. The summed E-state index contributed by atoms with van der Waals surface area (Å²) < 4.78 is 16.6. The van der Waals surface area contributed by atoms with Crippen molar-refractivity contribution in [3.8, 4) is 0 Å². The van der Waals surface area contributed by atoms with Gasteiger partial charge in [-0.1, -0.05) is 182 Å². The molecule has 0 spiro atoms. The Bertz CT molecular complexity index is 706. The van der Waals surface area contributed by atoms with Gasteiger partial charge in [-0.2, -0.15) is 0 Å². The van der Waals surface area contributed by atoms with Crippen LogP contribution in [0.2, 0.25) is 0 Å². The summed E-state index contributed by atoms with van der Waals surface area (Å²) in [6.45, 7) is 8.88. The monoisotopic (exact) mass is 667 g/mol. The molecule has 0 aliphatic rings. The molecule has 0 rings (SSSR count). The average Bonchev–Trinajstić information content (AvgIpc) is 3.05. The number of ether oxygens (including phenoxy) is 3. The van der Waals surface area contributed by atoms with E-state index in [1.165, 1.54) is 116 Å². The zero-order chi connectivity index (χ0) is 34.6. The predicted molar refractivity (Wildman–Crippen MR) is 196 cm³/mol. The molecule has 278 valence electrons. The summed E-state index contributed by atoms with van der Waals surface area (Å²) in [5.74, 6) is -0.105. The van der Waals surface area contributed by atoms with Crippen molar-refractivity contribution in [1.82, 2.24) is 0 Å². The first kappa shape index (κ1) is 45.4. The molecule has 0 aromatic carbocycles. The number of hydrogen-bond acceptors (Lipinski definition) is 6. The Kier molecular flexibility index (Phi) is 34.5. The van der Waals surface area contributed by atoms with Crippen molar-refractivity contribution >= 4 is 17.9 Å². The second-order valence-corrected chi connectivity index (χ2v) is 14.4. The Labute approximate surface area is 291 Å². The van der Waals surface area contributed by atoms with Crippen LogP contribution in [0.1, 0.15) is 220 Å². The summed E-state index contributed by atoms with van der Waals surface area (Å²) in [6, 6.07) is 0. The molecule has 0 radical (unpaired) electrons. The number of rotatable bonds is 36. The second kappa shape index (κ2) is 35.7. The summed E-state index contributed by atoms with van der Waals surface area (Å²) in [5, 5.41) is 0. The van der Waals surface area contributed by atoms with Gasteiger partial charge in [0.2, 0.25) is 0 Å². The zero-order valence-corrected chi connectivity index (χ0v) is 31.7. The summed E-state index contributed by atoms with van der Waals surface area (Å²) in [6.07, 6.45) is 32.4. The molecule has 0 unspecified atom stereocenters. The van der Waals surface area contributed by atoms with Crippen molar-refractivity contribution in [1.29, 1.82) is 0 Å². The van der Waals surface area contributed by atoms with E-state index in [1.54, 1.807) is 0 Å². The van der Waals surface area contributed by atoms with E-state index in [2.05, 4.69) is 27.7 Å². The summed E-state index contributed by atoms with van der Waals surface area (Å²) in [4.78, 5) is 37.4. The first-order valence-corrected chi connectivity index (χ1v) is 20.4. The molecule has 0 heterocycles. The van der Waals surface area contributed by atoms with Crippen molar-refractivity contribution in [2.45, 2.75) is 226 Å². The van der Waals surface area contributed by atoms with Gasteiger partial charge >= 0.3 is 17.9 Å². The number of carbonyl (C=O) groups is 3. The fourth-order valence-electron chi connectivity index (χ4n) is 5.92. The van der Waals surface area contributed by atoms with Crippen molar-refractivity contribution < 1.29 is 28.6 Å². The van der Waals surface area contributed by atoms with Crippen LogP contribution < -0.4 is 0 Å². The Balaban J connectivity index is 4.35. The van der Waals surface area contributed by atoms with Gasteiger partial charge in [-0.25, -0.2) is 0 Å². The maximum absolute atomic E-state index is 12.6. The molecule has 0 aromatic heterocycles. The highest BCUT2D eigenvalue weighted by Crippen LogP contribution is 2.15. The van der Waals surface area contributed by atoms with Crippen LogP contribution in [0, 0.1) is 5.92 Å². The smallest absolute Gasteiger partial charge is 0.306 e. The Hall–Kier alpha value is -1.59. The quantitative estimate of drug-likeness (QED) is 0.0376. The Morgan fingerprint density at radius 3 is 1.04 bits per heavy atom. The molecule has 0 aromatic rings. The van der Waals surface area contributed by atoms with Crippen LogP contribution >= 0.6 is 0 Å². The number of esters is 3. The molecule has 0 saturated heterocycles. The first-order valence-electron chi connectivity index (χ1n) is 20.4. The van der Waals surface area contributed by atoms with E-state index in [-0.39, 0.29) is 31.1 Å². The van der Waals surface area contributed by atoms with Gasteiger partial charge in [0.25, 0.3) is 0 Å². The van der Waals surface area contributed by atoms with Crippen LogP contribution in [-0.4, -0.2) is 37.2 Å². The lowest BCUT2D eigenvalue weighted by atomic mass is 10.0. The zero-order valence-electron chi connectivity index (χ0n) is 31.7. The fraction of sp³-hybridized carbons (Fsp3) is 0.927. The molecule has 1 atom stereocenters. The van der Waals surface area contributed by atoms with Crippen LogP contribution in [0.4, 0.5) is 0 Å². The maximum atomic E-state index is 12.6. The molecule has 6 nitrogen and oxygen atoms in total. The molecule has 0 aliphatic carbocycles. The molecule has 0 aliphatic heterocycles. The van der Waals surface area contributed by atoms with Crippen molar-refractivity contribution in [3.63, 3.8) is 0 Å². The average molecular weight is 667 g/mol. The van der Waals surface area contributed by atoms with E-state index in [0.29, 0.717) is 19.3 Å². The molecular weight excluding hydrogens is 588 g/mol. The lowest BCUT2D eigenvalue weighted by Crippen LogP contribution is -2.30. The first-order chi connectivity index (χ1) is 22.9. The third-order valence-corrected chi connectivity index (χ3v) is 9.04. The highest BCUT2D eigenvalue weighted by atomic mass is 16.6. The van der Waals surface area contributed by atoms with E-state index in [1.807, 2.05) is 0 Å². The van der Waals surface area contributed by atoms with E-state index in [0.717, 1.165) is 63.7 Å². The number of carbonyl (C=O) groups excluding carboxylic acids is 3. The van der Waals surface area contributed by atoms with Gasteiger partial charge in [-0.3, -0.25) is 14.4 Å². The molecule has 0 N–H and O–H groups in total. The molecule has 0 saturated carbocycles. The lowest BCUT2D eigenvalue weighted by molar-refractivity contribution is -0.167. The van der Waals surface area contributed by atoms with Crippen LogP contribution in [0.15, 0.2) is 0 Å². The van der Waals surface area contributed by atoms with Crippen LogP contribution in [0.5, 0.6) is 0 Å². The fourth-order valence-corrected chi connectivity index (χ4v) is 5.92. The minimum Gasteiger partial charge on any atom is -0.462 e. The van der Waals surface area contributed by atoms with Gasteiger partial charge in [0.1, 0.15) is 13.2 Å². The van der Waals surface area contributed by atoms with Gasteiger partial charge in [0, 0.05) is 19.3 Å². The topological polar surface area (TPSA) is 78.9 Å². The highest BCUT2D eigenvalue weighted by Gasteiger charge is 2.19. The Morgan fingerprint density at radius 1 is 0.404 bits per heavy atom. The molecule has 0 amide bonds. The second-order valence-electron chi connectivity index (χ2n) is 14.4. The minimum atomic E-state index is -0.757. The van der Waals surface area contributed by atoms with Crippen LogP contribution in [-0.2, 0) is 28.6 Å². The predicted octanol–water partition coefficient (Wildman–Crippen LogP) is 12.4. The van der Waals surface area contributed by atoms with Crippen molar-refractivity contribution in [3.05, 3.63) is 0 Å². The lowest BCUT2D eigenvalue weighted by Gasteiger charge is -2.18. The number of unbranched alkanes of at least 4 members (excludes halogenated alkanes) is 23. The normalized spacial score (nSPS) is 11.9. The molecule has 47 heavy (non-hydrogen) atoms. The van der Waals surface area contributed by atoms with Gasteiger partial charge < -0.3 is 14.2 Å². The third-order valence-electron chi connectivity index (χ3n) is 9.04.